The van der Waals surface area contributed by atoms with Crippen molar-refractivity contribution >= 4 is 61.2 Å². The molecule has 2 atom stereocenters. The van der Waals surface area contributed by atoms with Crippen molar-refractivity contribution in [2.45, 2.75) is 37.8 Å². The molecule has 2 fully saturated rings. The van der Waals surface area contributed by atoms with Gasteiger partial charge < -0.3 is 24.7 Å². The number of amides is 1. The van der Waals surface area contributed by atoms with Crippen molar-refractivity contribution in [1.82, 2.24) is 48.9 Å². The van der Waals surface area contributed by atoms with Gasteiger partial charge in [-0.3, -0.25) is 39.7 Å². The third kappa shape index (κ3) is 9.44. The molecule has 4 aromatic carbocycles. The summed E-state index contributed by atoms with van der Waals surface area (Å²) < 4.78 is 4.28. The van der Waals surface area contributed by atoms with Crippen LogP contribution in [0, 0.1) is 11.8 Å². The maximum absolute atomic E-state index is 12.7. The highest BCUT2D eigenvalue weighted by molar-refractivity contribution is 5.98. The molecule has 7 aromatic heterocycles. The van der Waals surface area contributed by atoms with Crippen LogP contribution in [0.5, 0.6) is 0 Å². The maximum atomic E-state index is 12.7. The number of anilines is 2. The Morgan fingerprint density at radius 1 is 0.534 bits per heavy atom. The van der Waals surface area contributed by atoms with Gasteiger partial charge >= 0.3 is 0 Å². The van der Waals surface area contributed by atoms with E-state index in [2.05, 4.69) is 166 Å². The molecule has 2 aliphatic rings. The quantitative estimate of drug-likeness (QED) is 0.129. The zero-order chi connectivity index (χ0) is 49.3. The van der Waals surface area contributed by atoms with Gasteiger partial charge in [0.15, 0.2) is 0 Å². The van der Waals surface area contributed by atoms with Gasteiger partial charge in [0.25, 0.3) is 0 Å². The van der Waals surface area contributed by atoms with Crippen molar-refractivity contribution in [3.63, 3.8) is 0 Å². The van der Waals surface area contributed by atoms with Crippen molar-refractivity contribution in [2.24, 2.45) is 25.9 Å². The molecule has 0 radical (unpaired) electrons. The zero-order valence-corrected chi connectivity index (χ0v) is 40.8. The topological polar surface area (TPSA) is 144 Å². The summed E-state index contributed by atoms with van der Waals surface area (Å²) in [4.78, 5) is 46.4. The average Bonchev–Trinajstić information content (AvgIpc) is 4.15. The van der Waals surface area contributed by atoms with Crippen LogP contribution >= 0.6 is 0 Å². The molecule has 1 saturated carbocycles. The molecule has 1 aliphatic carbocycles. The number of piperidine rings is 1. The van der Waals surface area contributed by atoms with E-state index in [0.717, 1.165) is 111 Å². The van der Waals surface area contributed by atoms with Gasteiger partial charge in [0.05, 0.1) is 34.2 Å². The van der Waals surface area contributed by atoms with Crippen LogP contribution in [0.15, 0.2) is 184 Å². The van der Waals surface area contributed by atoms with Crippen LogP contribution < -0.4 is 10.6 Å². The lowest BCUT2D eigenvalue weighted by atomic mass is 9.85. The van der Waals surface area contributed by atoms with Crippen LogP contribution in [0.3, 0.4) is 0 Å². The van der Waals surface area contributed by atoms with Gasteiger partial charge in [0, 0.05) is 141 Å². The summed E-state index contributed by atoms with van der Waals surface area (Å²) in [6.07, 6.45) is 26.3. The van der Waals surface area contributed by atoms with E-state index >= 15 is 0 Å². The van der Waals surface area contributed by atoms with E-state index in [1.165, 1.54) is 21.8 Å². The SMILES string of the molecule is Cn1ccc2ccc(-c3cc(NC(c4cccnc4)C4CCN(C(=O)C5CC5)CC4)cc4nccnc34)cc21.Cn1ccc2ccc(-c3cc(NC(c4ccncc4)c4cccnc4)cc4nccnc34)cc21. The Kier molecular flexibility index (Phi) is 12.3. The van der Waals surface area contributed by atoms with Crippen LogP contribution in [0.4, 0.5) is 11.4 Å². The molecular formula is C60H54N12O. The normalized spacial score (nSPS) is 14.7. The van der Waals surface area contributed by atoms with Crippen molar-refractivity contribution in [1.29, 1.82) is 0 Å². The van der Waals surface area contributed by atoms with Crippen LogP contribution in [-0.4, -0.2) is 67.9 Å². The molecule has 73 heavy (non-hydrogen) atoms. The van der Waals surface area contributed by atoms with E-state index in [1.54, 1.807) is 31.0 Å². The minimum atomic E-state index is -0.0889. The van der Waals surface area contributed by atoms with Crippen LogP contribution in [0.2, 0.25) is 0 Å². The molecule has 0 bridgehead atoms. The van der Waals surface area contributed by atoms with E-state index in [1.807, 2.05) is 55.2 Å². The Balaban J connectivity index is 0.000000150. The Morgan fingerprint density at radius 2 is 1.08 bits per heavy atom. The molecule has 13 nitrogen and oxygen atoms in total. The molecule has 1 saturated heterocycles. The zero-order valence-electron chi connectivity index (χ0n) is 40.8. The number of fused-ring (bicyclic) bond motifs is 4. The lowest BCUT2D eigenvalue weighted by Gasteiger charge is -2.37. The molecule has 2 N–H and O–H groups in total. The first-order chi connectivity index (χ1) is 35.9. The van der Waals surface area contributed by atoms with Crippen molar-refractivity contribution in [3.8, 4) is 22.3 Å². The lowest BCUT2D eigenvalue weighted by molar-refractivity contribution is -0.134. The minimum Gasteiger partial charge on any atom is -0.378 e. The molecule has 13 heteroatoms. The fourth-order valence-electron chi connectivity index (χ4n) is 10.5. The van der Waals surface area contributed by atoms with Gasteiger partial charge in [0.2, 0.25) is 5.91 Å². The average molecular weight is 959 g/mol. The standard InChI is InChI=1S/C32H32N6O.C28H22N6/c1-37-14-8-21-4-7-24(17-29(21)37)27-18-26(19-28-31(27)35-13-12-34-28)36-30(25-3-2-11-33-20-25)22-9-15-38(16-10-22)32(39)23-5-6-23;1-34-14-8-19-4-5-21(15-26(19)34)24-16-23(17-25-28(24)32-13-12-31-25)33-27(20-6-10-29-11-7-20)22-3-2-9-30-18-22/h2-4,7-8,11-14,17-20,22-23,30,36H,5-6,9-10,15-16H2,1H3;2-18,27,33H,1H3. The van der Waals surface area contributed by atoms with E-state index < -0.39 is 0 Å². The van der Waals surface area contributed by atoms with Crippen molar-refractivity contribution < 1.29 is 4.79 Å². The molecule has 1 amide bonds. The van der Waals surface area contributed by atoms with Crippen LogP contribution in [0.1, 0.15) is 54.5 Å². The smallest absolute Gasteiger partial charge is 0.225 e. The molecule has 1 aliphatic heterocycles. The summed E-state index contributed by atoms with van der Waals surface area (Å²) in [7, 11) is 4.14. The van der Waals surface area contributed by atoms with E-state index in [9.17, 15) is 4.79 Å². The molecule has 2 unspecified atom stereocenters. The summed E-state index contributed by atoms with van der Waals surface area (Å²) in [6, 6.07) is 38.1. The van der Waals surface area contributed by atoms with E-state index in [0.29, 0.717) is 11.8 Å². The summed E-state index contributed by atoms with van der Waals surface area (Å²) in [5.41, 5.74) is 15.4. The van der Waals surface area contributed by atoms with Gasteiger partial charge in [-0.2, -0.15) is 0 Å². The number of nitrogens with one attached hydrogen (secondary N) is 2. The highest BCUT2D eigenvalue weighted by Gasteiger charge is 2.36. The number of aryl methyl sites for hydroxylation is 2. The third-order valence-electron chi connectivity index (χ3n) is 14.5. The molecule has 13 rings (SSSR count). The second-order valence-electron chi connectivity index (χ2n) is 19.3. The number of rotatable bonds is 11. The van der Waals surface area contributed by atoms with Crippen LogP contribution in [-0.2, 0) is 18.9 Å². The number of aromatic nitrogens is 9. The molecular weight excluding hydrogens is 905 g/mol. The number of hydrogen-bond acceptors (Lipinski definition) is 10. The molecule has 8 heterocycles. The Labute approximate surface area is 423 Å². The third-order valence-corrected chi connectivity index (χ3v) is 14.5. The summed E-state index contributed by atoms with van der Waals surface area (Å²) >= 11 is 0. The number of likely N-dealkylation sites (tertiary alicyclic amines) is 1. The number of carbonyl (C=O) groups is 1. The van der Waals surface area contributed by atoms with E-state index in [4.69, 9.17) is 4.98 Å². The highest BCUT2D eigenvalue weighted by Crippen LogP contribution is 2.40. The van der Waals surface area contributed by atoms with Gasteiger partial charge in [0.1, 0.15) is 0 Å². The fourth-order valence-corrected chi connectivity index (χ4v) is 10.5. The number of hydrogen-bond donors (Lipinski definition) is 2. The largest absolute Gasteiger partial charge is 0.378 e. The number of benzene rings is 4. The molecule has 11 aromatic rings. The molecule has 0 spiro atoms. The fraction of sp³-hybridized carbons (Fsp3) is 0.200. The first kappa shape index (κ1) is 45.3. The number of pyridine rings is 3. The van der Waals surface area contributed by atoms with Gasteiger partial charge in [-0.05, 0) is 143 Å². The second kappa shape index (κ2) is 19.7. The summed E-state index contributed by atoms with van der Waals surface area (Å²) in [6.45, 7) is 1.65. The Morgan fingerprint density at radius 3 is 1.63 bits per heavy atom. The first-order valence-corrected chi connectivity index (χ1v) is 25.0. The first-order valence-electron chi connectivity index (χ1n) is 25.0. The highest BCUT2D eigenvalue weighted by atomic mass is 16.2. The Hall–Kier alpha value is -8.84. The molecule has 360 valence electrons. The predicted molar refractivity (Wildman–Crippen MR) is 289 cm³/mol. The predicted octanol–water partition coefficient (Wildman–Crippen LogP) is 11.8. The summed E-state index contributed by atoms with van der Waals surface area (Å²) in [5.74, 6) is 1.02. The number of carbonyl (C=O) groups excluding carboxylic acids is 1. The second-order valence-corrected chi connectivity index (χ2v) is 19.3. The van der Waals surface area contributed by atoms with Crippen molar-refractivity contribution in [3.05, 3.63) is 200 Å². The van der Waals surface area contributed by atoms with Gasteiger partial charge in [-0.1, -0.05) is 36.4 Å². The van der Waals surface area contributed by atoms with E-state index in [-0.39, 0.29) is 18.0 Å². The minimum absolute atomic E-state index is 0.0780. The summed E-state index contributed by atoms with van der Waals surface area (Å²) in [5, 5.41) is 10.0. The number of nitrogens with zero attached hydrogens (tertiary/aromatic N) is 10. The van der Waals surface area contributed by atoms with Crippen molar-refractivity contribution in [2.75, 3.05) is 23.7 Å². The van der Waals surface area contributed by atoms with Gasteiger partial charge in [-0.25, -0.2) is 0 Å². The van der Waals surface area contributed by atoms with Gasteiger partial charge in [-0.15, -0.1) is 0 Å². The maximum Gasteiger partial charge on any atom is 0.225 e. The lowest BCUT2D eigenvalue weighted by Crippen LogP contribution is -2.41. The Bertz CT molecular complexity index is 3700. The van der Waals surface area contributed by atoms with Crippen LogP contribution in [0.25, 0.3) is 66.1 Å². The monoisotopic (exact) mass is 958 g/mol.